The Kier molecular flexibility index (Phi) is 3.51. The zero-order valence-corrected chi connectivity index (χ0v) is 13.1. The summed E-state index contributed by atoms with van der Waals surface area (Å²) in [5.74, 6) is 0. The molecule has 0 fully saturated rings. The molecule has 2 N–H and O–H groups in total. The largest absolute Gasteiger partial charge is 0.398 e. The van der Waals surface area contributed by atoms with Crippen LogP contribution in [-0.4, -0.2) is 9.55 Å². The number of hydrogen-bond acceptors (Lipinski definition) is 3. The molecule has 1 aromatic heterocycles. The molecule has 3 rings (SSSR count). The predicted molar refractivity (Wildman–Crippen MR) is 88.4 cm³/mol. The van der Waals surface area contributed by atoms with E-state index in [9.17, 15) is 4.79 Å². The highest BCUT2D eigenvalue weighted by molar-refractivity contribution is 9.10. The second kappa shape index (κ2) is 5.33. The first-order chi connectivity index (χ1) is 10.1. The fraction of sp³-hybridized carbons (Fsp3) is 0.125. The van der Waals surface area contributed by atoms with E-state index < -0.39 is 0 Å². The van der Waals surface area contributed by atoms with Crippen molar-refractivity contribution in [2.45, 2.75) is 13.5 Å². The number of rotatable bonds is 2. The van der Waals surface area contributed by atoms with Crippen LogP contribution in [0.1, 0.15) is 11.3 Å². The topological polar surface area (TPSA) is 60.9 Å². The molecule has 0 amide bonds. The third-order valence-electron chi connectivity index (χ3n) is 3.49. The molecule has 3 aromatic rings. The molecule has 0 atom stereocenters. The summed E-state index contributed by atoms with van der Waals surface area (Å²) in [6.45, 7) is 2.14. The summed E-state index contributed by atoms with van der Waals surface area (Å²) >= 11 is 3.50. The van der Waals surface area contributed by atoms with Gasteiger partial charge in [-0.15, -0.1) is 0 Å². The van der Waals surface area contributed by atoms with E-state index in [4.69, 9.17) is 5.73 Å². The Morgan fingerprint density at radius 3 is 2.71 bits per heavy atom. The average molecular weight is 344 g/mol. The van der Waals surface area contributed by atoms with E-state index in [1.54, 1.807) is 11.5 Å². The molecule has 0 aliphatic carbocycles. The summed E-state index contributed by atoms with van der Waals surface area (Å²) in [6.07, 6.45) is 0. The van der Waals surface area contributed by atoms with Gasteiger partial charge < -0.3 is 10.3 Å². The predicted octanol–water partition coefficient (Wildman–Crippen LogP) is 3.10. The summed E-state index contributed by atoms with van der Waals surface area (Å²) in [4.78, 5) is 16.8. The van der Waals surface area contributed by atoms with Gasteiger partial charge in [0.15, 0.2) is 0 Å². The number of fused-ring (bicyclic) bond motifs is 1. The van der Waals surface area contributed by atoms with Gasteiger partial charge in [0.05, 0.1) is 17.6 Å². The van der Waals surface area contributed by atoms with Gasteiger partial charge in [0.2, 0.25) is 0 Å². The summed E-state index contributed by atoms with van der Waals surface area (Å²) in [7, 11) is 0. The molecule has 0 spiro atoms. The van der Waals surface area contributed by atoms with Crippen LogP contribution in [0.3, 0.4) is 0 Å². The van der Waals surface area contributed by atoms with Gasteiger partial charge in [-0.05, 0) is 31.2 Å². The lowest BCUT2D eigenvalue weighted by molar-refractivity contribution is 0.775. The van der Waals surface area contributed by atoms with Crippen LogP contribution in [0.15, 0.2) is 51.7 Å². The van der Waals surface area contributed by atoms with Crippen molar-refractivity contribution in [1.82, 2.24) is 9.55 Å². The minimum absolute atomic E-state index is 0.0937. The Hall–Kier alpha value is -2.14. The minimum atomic E-state index is -0.0937. The Bertz CT molecular complexity index is 866. The van der Waals surface area contributed by atoms with Crippen LogP contribution >= 0.6 is 15.9 Å². The van der Waals surface area contributed by atoms with Crippen LogP contribution in [0.2, 0.25) is 0 Å². The number of aryl methyl sites for hydroxylation is 1. The maximum absolute atomic E-state index is 12.5. The van der Waals surface area contributed by atoms with E-state index in [0.29, 0.717) is 17.9 Å². The molecular weight excluding hydrogens is 330 g/mol. The Balaban J connectivity index is 2.25. The molecule has 0 bridgehead atoms. The smallest absolute Gasteiger partial charge is 0.272 e. The number of nitrogens with two attached hydrogens (primary N) is 1. The molecule has 5 heteroatoms. The van der Waals surface area contributed by atoms with Crippen molar-refractivity contribution >= 4 is 32.7 Å². The lowest BCUT2D eigenvalue weighted by Gasteiger charge is -2.13. The second-order valence-corrected chi connectivity index (χ2v) is 5.74. The Labute approximate surface area is 130 Å². The van der Waals surface area contributed by atoms with E-state index in [1.165, 1.54) is 0 Å². The van der Waals surface area contributed by atoms with Crippen molar-refractivity contribution in [3.05, 3.63) is 68.5 Å². The zero-order chi connectivity index (χ0) is 15.0. The van der Waals surface area contributed by atoms with Crippen LogP contribution in [0.5, 0.6) is 0 Å². The standard InChI is InChI=1S/C16H14BrN3O/c1-10-16(21)20(15-8-3-2-7-14(15)19-10)9-11-12(17)5-4-6-13(11)18/h2-8H,9,18H2,1H3. The van der Waals surface area contributed by atoms with Crippen LogP contribution in [0.25, 0.3) is 11.0 Å². The van der Waals surface area contributed by atoms with Gasteiger partial charge in [0, 0.05) is 15.7 Å². The number of para-hydroxylation sites is 2. The van der Waals surface area contributed by atoms with Gasteiger partial charge in [0.1, 0.15) is 5.69 Å². The van der Waals surface area contributed by atoms with E-state index in [1.807, 2.05) is 42.5 Å². The summed E-state index contributed by atoms with van der Waals surface area (Å²) < 4.78 is 2.61. The highest BCUT2D eigenvalue weighted by Crippen LogP contribution is 2.24. The first-order valence-electron chi connectivity index (χ1n) is 6.57. The minimum Gasteiger partial charge on any atom is -0.398 e. The van der Waals surface area contributed by atoms with Gasteiger partial charge in [0.25, 0.3) is 5.56 Å². The normalized spacial score (nSPS) is 11.0. The fourth-order valence-electron chi connectivity index (χ4n) is 2.38. The summed E-state index contributed by atoms with van der Waals surface area (Å²) in [5.41, 5.74) is 9.61. The van der Waals surface area contributed by atoms with E-state index >= 15 is 0 Å². The van der Waals surface area contributed by atoms with Crippen LogP contribution < -0.4 is 11.3 Å². The van der Waals surface area contributed by atoms with Crippen LogP contribution in [0, 0.1) is 6.92 Å². The number of hydrogen-bond donors (Lipinski definition) is 1. The lowest BCUT2D eigenvalue weighted by Crippen LogP contribution is -2.25. The third-order valence-corrected chi connectivity index (χ3v) is 4.23. The molecule has 21 heavy (non-hydrogen) atoms. The summed E-state index contributed by atoms with van der Waals surface area (Å²) in [5, 5.41) is 0. The molecule has 4 nitrogen and oxygen atoms in total. The highest BCUT2D eigenvalue weighted by Gasteiger charge is 2.11. The SMILES string of the molecule is Cc1nc2ccccc2n(Cc2c(N)cccc2Br)c1=O. The monoisotopic (exact) mass is 343 g/mol. The quantitative estimate of drug-likeness (QED) is 0.727. The van der Waals surface area contributed by atoms with Crippen LogP contribution in [0.4, 0.5) is 5.69 Å². The van der Waals surface area contributed by atoms with Gasteiger partial charge >= 0.3 is 0 Å². The van der Waals surface area contributed by atoms with Crippen molar-refractivity contribution in [3.8, 4) is 0 Å². The van der Waals surface area contributed by atoms with E-state index in [2.05, 4.69) is 20.9 Å². The van der Waals surface area contributed by atoms with Crippen LogP contribution in [-0.2, 0) is 6.54 Å². The van der Waals surface area contributed by atoms with Crippen molar-refractivity contribution in [2.24, 2.45) is 0 Å². The fourth-order valence-corrected chi connectivity index (χ4v) is 2.88. The van der Waals surface area contributed by atoms with Gasteiger partial charge in [-0.3, -0.25) is 4.79 Å². The average Bonchev–Trinajstić information content (AvgIpc) is 2.46. The zero-order valence-electron chi connectivity index (χ0n) is 11.5. The molecule has 106 valence electrons. The molecule has 2 aromatic carbocycles. The number of aromatic nitrogens is 2. The van der Waals surface area contributed by atoms with Crippen molar-refractivity contribution < 1.29 is 0 Å². The Morgan fingerprint density at radius 1 is 1.19 bits per heavy atom. The highest BCUT2D eigenvalue weighted by atomic mass is 79.9. The Morgan fingerprint density at radius 2 is 1.95 bits per heavy atom. The molecule has 0 aliphatic rings. The van der Waals surface area contributed by atoms with Crippen molar-refractivity contribution in [1.29, 1.82) is 0 Å². The number of nitrogen functional groups attached to an aromatic ring is 1. The maximum atomic E-state index is 12.5. The number of nitrogens with zero attached hydrogens (tertiary/aromatic N) is 2. The molecule has 0 aliphatic heterocycles. The van der Waals surface area contributed by atoms with E-state index in [0.717, 1.165) is 21.1 Å². The van der Waals surface area contributed by atoms with E-state index in [-0.39, 0.29) is 5.56 Å². The third kappa shape index (κ3) is 2.45. The molecule has 1 heterocycles. The number of halogens is 1. The molecule has 0 saturated carbocycles. The maximum Gasteiger partial charge on any atom is 0.272 e. The first-order valence-corrected chi connectivity index (χ1v) is 7.36. The molecular formula is C16H14BrN3O. The van der Waals surface area contributed by atoms with Gasteiger partial charge in [-0.25, -0.2) is 4.98 Å². The molecule has 0 saturated heterocycles. The second-order valence-electron chi connectivity index (χ2n) is 4.88. The lowest BCUT2D eigenvalue weighted by atomic mass is 10.1. The number of anilines is 1. The first kappa shape index (κ1) is 13.8. The number of benzene rings is 2. The molecule has 0 unspecified atom stereocenters. The van der Waals surface area contributed by atoms with Gasteiger partial charge in [-0.2, -0.15) is 0 Å². The van der Waals surface area contributed by atoms with Crippen molar-refractivity contribution in [3.63, 3.8) is 0 Å². The van der Waals surface area contributed by atoms with Crippen molar-refractivity contribution in [2.75, 3.05) is 5.73 Å². The summed E-state index contributed by atoms with van der Waals surface area (Å²) in [6, 6.07) is 13.3. The van der Waals surface area contributed by atoms with Gasteiger partial charge in [-0.1, -0.05) is 34.1 Å². The molecule has 0 radical (unpaired) electrons.